The largest absolute Gasteiger partial charge is 0.497 e. The van der Waals surface area contributed by atoms with Crippen molar-refractivity contribution in [2.45, 2.75) is 13.8 Å². The Labute approximate surface area is 117 Å². The van der Waals surface area contributed by atoms with Crippen LogP contribution in [0.15, 0.2) is 30.3 Å². The molecule has 3 heteroatoms. The van der Waals surface area contributed by atoms with Crippen molar-refractivity contribution in [3.05, 3.63) is 51.5 Å². The average molecular weight is 281 g/mol. The van der Waals surface area contributed by atoms with Gasteiger partial charge in [0.2, 0.25) is 0 Å². The van der Waals surface area contributed by atoms with Gasteiger partial charge in [-0.1, -0.05) is 23.2 Å². The van der Waals surface area contributed by atoms with Crippen LogP contribution in [-0.2, 0) is 0 Å². The SMILES string of the molecule is COc1cc(C)c(-c2cc(Cl)ccc2Cl)c(C)c1. The third-order valence-corrected chi connectivity index (χ3v) is 3.50. The van der Waals surface area contributed by atoms with Crippen molar-refractivity contribution in [2.75, 3.05) is 7.11 Å². The Hall–Kier alpha value is -1.18. The Morgan fingerprint density at radius 1 is 0.944 bits per heavy atom. The van der Waals surface area contributed by atoms with Gasteiger partial charge in [-0.15, -0.1) is 0 Å². The van der Waals surface area contributed by atoms with Gasteiger partial charge in [-0.05, 0) is 60.9 Å². The highest BCUT2D eigenvalue weighted by atomic mass is 35.5. The van der Waals surface area contributed by atoms with Crippen LogP contribution in [0.25, 0.3) is 11.1 Å². The molecule has 2 aromatic rings. The average Bonchev–Trinajstić information content (AvgIpc) is 2.32. The van der Waals surface area contributed by atoms with Crippen molar-refractivity contribution in [1.82, 2.24) is 0 Å². The first-order valence-electron chi connectivity index (χ1n) is 5.63. The van der Waals surface area contributed by atoms with Gasteiger partial charge in [0.15, 0.2) is 0 Å². The van der Waals surface area contributed by atoms with Crippen molar-refractivity contribution in [3.63, 3.8) is 0 Å². The highest BCUT2D eigenvalue weighted by molar-refractivity contribution is 6.35. The van der Waals surface area contributed by atoms with Crippen LogP contribution >= 0.6 is 23.2 Å². The number of rotatable bonds is 2. The van der Waals surface area contributed by atoms with E-state index in [1.165, 1.54) is 0 Å². The second-order valence-corrected chi connectivity index (χ2v) is 5.10. The van der Waals surface area contributed by atoms with Crippen LogP contribution in [0, 0.1) is 13.8 Å². The van der Waals surface area contributed by atoms with E-state index in [4.69, 9.17) is 27.9 Å². The Bertz CT molecular complexity index is 568. The van der Waals surface area contributed by atoms with Gasteiger partial charge < -0.3 is 4.74 Å². The van der Waals surface area contributed by atoms with E-state index in [1.54, 1.807) is 13.2 Å². The summed E-state index contributed by atoms with van der Waals surface area (Å²) in [5.41, 5.74) is 4.32. The summed E-state index contributed by atoms with van der Waals surface area (Å²) in [6.45, 7) is 4.09. The number of methoxy groups -OCH3 is 1. The van der Waals surface area contributed by atoms with Gasteiger partial charge in [0.25, 0.3) is 0 Å². The summed E-state index contributed by atoms with van der Waals surface area (Å²) < 4.78 is 5.26. The summed E-state index contributed by atoms with van der Waals surface area (Å²) in [5.74, 6) is 0.854. The minimum absolute atomic E-state index is 0.684. The van der Waals surface area contributed by atoms with E-state index in [1.807, 2.05) is 38.1 Å². The second kappa shape index (κ2) is 5.21. The fourth-order valence-corrected chi connectivity index (χ4v) is 2.54. The van der Waals surface area contributed by atoms with Gasteiger partial charge in [-0.25, -0.2) is 0 Å². The Balaban J connectivity index is 2.67. The molecule has 0 aliphatic carbocycles. The number of aryl methyl sites for hydroxylation is 2. The van der Waals surface area contributed by atoms with Crippen LogP contribution in [0.2, 0.25) is 10.0 Å². The highest BCUT2D eigenvalue weighted by Crippen LogP contribution is 2.36. The molecule has 0 fully saturated rings. The number of halogens is 2. The minimum atomic E-state index is 0.684. The summed E-state index contributed by atoms with van der Waals surface area (Å²) in [7, 11) is 1.67. The molecular weight excluding hydrogens is 267 g/mol. The molecule has 0 aliphatic heterocycles. The third-order valence-electron chi connectivity index (χ3n) is 2.94. The molecule has 0 atom stereocenters. The maximum atomic E-state index is 6.26. The van der Waals surface area contributed by atoms with Crippen LogP contribution < -0.4 is 4.74 Å². The number of hydrogen-bond acceptors (Lipinski definition) is 1. The third kappa shape index (κ3) is 2.47. The first-order valence-corrected chi connectivity index (χ1v) is 6.39. The predicted octanol–water partition coefficient (Wildman–Crippen LogP) is 5.29. The summed E-state index contributed by atoms with van der Waals surface area (Å²) in [4.78, 5) is 0. The molecule has 0 bridgehead atoms. The first-order chi connectivity index (χ1) is 8.52. The molecule has 94 valence electrons. The van der Waals surface area contributed by atoms with Crippen molar-refractivity contribution in [3.8, 4) is 16.9 Å². The van der Waals surface area contributed by atoms with Crippen molar-refractivity contribution >= 4 is 23.2 Å². The van der Waals surface area contributed by atoms with E-state index >= 15 is 0 Å². The van der Waals surface area contributed by atoms with Crippen molar-refractivity contribution in [2.24, 2.45) is 0 Å². The smallest absolute Gasteiger partial charge is 0.119 e. The lowest BCUT2D eigenvalue weighted by Gasteiger charge is -2.14. The number of benzene rings is 2. The lowest BCUT2D eigenvalue weighted by atomic mass is 9.95. The second-order valence-electron chi connectivity index (χ2n) is 4.26. The summed E-state index contributed by atoms with van der Waals surface area (Å²) in [6, 6.07) is 9.51. The molecule has 1 nitrogen and oxygen atoms in total. The summed E-state index contributed by atoms with van der Waals surface area (Å²) in [5, 5.41) is 1.39. The van der Waals surface area contributed by atoms with Gasteiger partial charge in [0.1, 0.15) is 5.75 Å². The van der Waals surface area contributed by atoms with Crippen molar-refractivity contribution < 1.29 is 4.74 Å². The Morgan fingerprint density at radius 3 is 2.11 bits per heavy atom. The lowest BCUT2D eigenvalue weighted by molar-refractivity contribution is 0.414. The quantitative estimate of drug-likeness (QED) is 0.727. The zero-order valence-electron chi connectivity index (χ0n) is 10.6. The molecule has 2 aromatic carbocycles. The van der Waals surface area contributed by atoms with E-state index in [2.05, 4.69) is 0 Å². The Morgan fingerprint density at radius 2 is 1.56 bits per heavy atom. The molecule has 0 amide bonds. The molecule has 0 saturated heterocycles. The molecule has 0 N–H and O–H groups in total. The van der Waals surface area contributed by atoms with Crippen LogP contribution in [0.5, 0.6) is 5.75 Å². The molecule has 0 radical (unpaired) electrons. The highest BCUT2D eigenvalue weighted by Gasteiger charge is 2.11. The van der Waals surface area contributed by atoms with Crippen LogP contribution in [-0.4, -0.2) is 7.11 Å². The standard InChI is InChI=1S/C15H14Cl2O/c1-9-6-12(18-3)7-10(2)15(9)13-8-11(16)4-5-14(13)17/h4-8H,1-3H3. The minimum Gasteiger partial charge on any atom is -0.497 e. The van der Waals surface area contributed by atoms with Crippen LogP contribution in [0.1, 0.15) is 11.1 Å². The molecule has 0 heterocycles. The van der Waals surface area contributed by atoms with Crippen molar-refractivity contribution in [1.29, 1.82) is 0 Å². The fraction of sp³-hybridized carbons (Fsp3) is 0.200. The van der Waals surface area contributed by atoms with E-state index in [9.17, 15) is 0 Å². The zero-order valence-corrected chi connectivity index (χ0v) is 12.1. The fourth-order valence-electron chi connectivity index (χ4n) is 2.16. The van der Waals surface area contributed by atoms with E-state index in [0.717, 1.165) is 28.0 Å². The van der Waals surface area contributed by atoms with Gasteiger partial charge in [0, 0.05) is 15.6 Å². The van der Waals surface area contributed by atoms with E-state index in [-0.39, 0.29) is 0 Å². The van der Waals surface area contributed by atoms with Crippen LogP contribution in [0.4, 0.5) is 0 Å². The monoisotopic (exact) mass is 280 g/mol. The number of hydrogen-bond donors (Lipinski definition) is 0. The van der Waals surface area contributed by atoms with Gasteiger partial charge >= 0.3 is 0 Å². The van der Waals surface area contributed by atoms with Gasteiger partial charge in [-0.3, -0.25) is 0 Å². The lowest BCUT2D eigenvalue weighted by Crippen LogP contribution is -1.92. The summed E-state index contributed by atoms with van der Waals surface area (Å²) >= 11 is 12.3. The van der Waals surface area contributed by atoms with Gasteiger partial charge in [-0.2, -0.15) is 0 Å². The van der Waals surface area contributed by atoms with Crippen LogP contribution in [0.3, 0.4) is 0 Å². The zero-order chi connectivity index (χ0) is 13.3. The van der Waals surface area contributed by atoms with E-state index in [0.29, 0.717) is 10.0 Å². The maximum Gasteiger partial charge on any atom is 0.119 e. The van der Waals surface area contributed by atoms with Gasteiger partial charge in [0.05, 0.1) is 7.11 Å². The molecule has 0 aliphatic rings. The molecular formula is C15H14Cl2O. The topological polar surface area (TPSA) is 9.23 Å². The molecule has 18 heavy (non-hydrogen) atoms. The number of ether oxygens (including phenoxy) is 1. The van der Waals surface area contributed by atoms with E-state index < -0.39 is 0 Å². The molecule has 0 saturated carbocycles. The molecule has 0 spiro atoms. The Kier molecular flexibility index (Phi) is 3.84. The molecule has 0 unspecified atom stereocenters. The first kappa shape index (κ1) is 13.3. The summed E-state index contributed by atoms with van der Waals surface area (Å²) in [6.07, 6.45) is 0. The maximum absolute atomic E-state index is 6.26. The molecule has 2 rings (SSSR count). The predicted molar refractivity (Wildman–Crippen MR) is 77.9 cm³/mol. The molecule has 0 aromatic heterocycles. The normalized spacial score (nSPS) is 10.5.